The minimum atomic E-state index is -4.70. The number of amides is 1. The molecule has 0 heterocycles. The molecule has 2 aromatic carbocycles. The summed E-state index contributed by atoms with van der Waals surface area (Å²) in [6.45, 7) is 0.348. The van der Waals surface area contributed by atoms with E-state index in [4.69, 9.17) is 5.73 Å². The van der Waals surface area contributed by atoms with Crippen LogP contribution in [0.1, 0.15) is 11.1 Å². The van der Waals surface area contributed by atoms with E-state index in [1.807, 2.05) is 30.3 Å². The molecule has 2 aromatic rings. The first kappa shape index (κ1) is 21.8. The van der Waals surface area contributed by atoms with Crippen molar-refractivity contribution < 1.29 is 22.7 Å². The van der Waals surface area contributed by atoms with E-state index >= 15 is 0 Å². The Balaban J connectivity index is 0.00000338. The third-order valence-electron chi connectivity index (χ3n) is 3.51. The quantitative estimate of drug-likeness (QED) is 0.765. The monoisotopic (exact) mass is 388 g/mol. The fourth-order valence-corrected chi connectivity index (χ4v) is 2.28. The summed E-state index contributed by atoms with van der Waals surface area (Å²) in [5.74, 6) is -0.536. The van der Waals surface area contributed by atoms with Crippen LogP contribution in [-0.4, -0.2) is 24.9 Å². The standard InChI is InChI=1S/C18H19F3N2O2.ClH/c19-18(20,21)25-15-8-6-13(7-9-15)10-11-23-17(24)16(22)12-14-4-2-1-3-5-14;/h1-9,16H,10-12,22H2,(H,23,24);1H/t16-;/m0./s1. The molecule has 1 atom stereocenters. The molecule has 26 heavy (non-hydrogen) atoms. The zero-order chi connectivity index (χ0) is 18.3. The van der Waals surface area contributed by atoms with Gasteiger partial charge in [0.05, 0.1) is 6.04 Å². The van der Waals surface area contributed by atoms with Gasteiger partial charge in [-0.2, -0.15) is 0 Å². The number of benzene rings is 2. The lowest BCUT2D eigenvalue weighted by molar-refractivity contribution is -0.274. The minimum Gasteiger partial charge on any atom is -0.406 e. The molecule has 0 aliphatic carbocycles. The highest BCUT2D eigenvalue weighted by Crippen LogP contribution is 2.22. The van der Waals surface area contributed by atoms with Gasteiger partial charge >= 0.3 is 6.36 Å². The molecular formula is C18H20ClF3N2O2. The van der Waals surface area contributed by atoms with Crippen LogP contribution in [0, 0.1) is 0 Å². The summed E-state index contributed by atoms with van der Waals surface area (Å²) in [4.78, 5) is 12.0. The highest BCUT2D eigenvalue weighted by molar-refractivity contribution is 5.85. The van der Waals surface area contributed by atoms with Crippen molar-refractivity contribution in [2.45, 2.75) is 25.2 Å². The molecule has 0 aromatic heterocycles. The maximum absolute atomic E-state index is 12.1. The van der Waals surface area contributed by atoms with Gasteiger partial charge in [-0.15, -0.1) is 25.6 Å². The summed E-state index contributed by atoms with van der Waals surface area (Å²) in [5, 5.41) is 2.73. The Morgan fingerprint density at radius 3 is 2.23 bits per heavy atom. The smallest absolute Gasteiger partial charge is 0.406 e. The summed E-state index contributed by atoms with van der Waals surface area (Å²) in [6, 6.07) is 14.3. The lowest BCUT2D eigenvalue weighted by Gasteiger charge is -2.13. The van der Waals surface area contributed by atoms with Crippen LogP contribution >= 0.6 is 12.4 Å². The van der Waals surface area contributed by atoms with Crippen molar-refractivity contribution in [2.24, 2.45) is 5.73 Å². The first-order valence-electron chi connectivity index (χ1n) is 7.75. The van der Waals surface area contributed by atoms with Gasteiger partial charge in [0.2, 0.25) is 5.91 Å². The lowest BCUT2D eigenvalue weighted by atomic mass is 10.1. The van der Waals surface area contributed by atoms with Crippen molar-refractivity contribution in [3.8, 4) is 5.75 Å². The van der Waals surface area contributed by atoms with E-state index in [1.165, 1.54) is 24.3 Å². The summed E-state index contributed by atoms with van der Waals surface area (Å²) in [6.07, 6.45) is -3.78. The van der Waals surface area contributed by atoms with Gasteiger partial charge in [0.15, 0.2) is 0 Å². The van der Waals surface area contributed by atoms with Gasteiger partial charge in [-0.05, 0) is 36.1 Å². The topological polar surface area (TPSA) is 64.4 Å². The lowest BCUT2D eigenvalue weighted by Crippen LogP contribution is -2.42. The Labute approximate surface area is 155 Å². The fraction of sp³-hybridized carbons (Fsp3) is 0.278. The van der Waals surface area contributed by atoms with Gasteiger partial charge in [-0.1, -0.05) is 42.5 Å². The third-order valence-corrected chi connectivity index (χ3v) is 3.51. The fourth-order valence-electron chi connectivity index (χ4n) is 2.28. The molecule has 1 amide bonds. The molecule has 0 aliphatic heterocycles. The van der Waals surface area contributed by atoms with Crippen molar-refractivity contribution in [3.63, 3.8) is 0 Å². The number of hydrogen-bond acceptors (Lipinski definition) is 3. The van der Waals surface area contributed by atoms with E-state index in [0.29, 0.717) is 19.4 Å². The van der Waals surface area contributed by atoms with E-state index in [9.17, 15) is 18.0 Å². The van der Waals surface area contributed by atoms with Crippen LogP contribution in [0.5, 0.6) is 5.75 Å². The normalized spacial score (nSPS) is 12.0. The van der Waals surface area contributed by atoms with Crippen LogP contribution in [0.4, 0.5) is 13.2 Å². The Hall–Kier alpha value is -2.25. The predicted molar refractivity (Wildman–Crippen MR) is 95.2 cm³/mol. The van der Waals surface area contributed by atoms with Crippen molar-refractivity contribution in [1.82, 2.24) is 5.32 Å². The SMILES string of the molecule is Cl.N[C@@H](Cc1ccccc1)C(=O)NCCc1ccc(OC(F)(F)F)cc1. The van der Waals surface area contributed by atoms with Gasteiger partial charge < -0.3 is 15.8 Å². The Morgan fingerprint density at radius 1 is 1.04 bits per heavy atom. The van der Waals surface area contributed by atoms with Gasteiger partial charge in [0.25, 0.3) is 0 Å². The van der Waals surface area contributed by atoms with E-state index in [0.717, 1.165) is 11.1 Å². The van der Waals surface area contributed by atoms with Crippen LogP contribution < -0.4 is 15.8 Å². The van der Waals surface area contributed by atoms with Crippen LogP contribution in [-0.2, 0) is 17.6 Å². The number of carbonyl (C=O) groups is 1. The molecule has 0 aliphatic rings. The Kier molecular flexibility index (Phi) is 8.41. The number of nitrogens with two attached hydrogens (primary N) is 1. The molecule has 3 N–H and O–H groups in total. The highest BCUT2D eigenvalue weighted by atomic mass is 35.5. The highest BCUT2D eigenvalue weighted by Gasteiger charge is 2.30. The summed E-state index contributed by atoms with van der Waals surface area (Å²) < 4.78 is 40.1. The number of alkyl halides is 3. The molecule has 0 saturated carbocycles. The van der Waals surface area contributed by atoms with Crippen molar-refractivity contribution in [2.75, 3.05) is 6.54 Å². The Bertz CT molecular complexity index is 679. The van der Waals surface area contributed by atoms with Gasteiger partial charge in [-0.25, -0.2) is 0 Å². The van der Waals surface area contributed by atoms with Crippen LogP contribution in [0.2, 0.25) is 0 Å². The molecule has 0 bridgehead atoms. The molecule has 8 heteroatoms. The van der Waals surface area contributed by atoms with E-state index in [-0.39, 0.29) is 24.1 Å². The minimum absolute atomic E-state index is 0. The van der Waals surface area contributed by atoms with Crippen molar-refractivity contribution >= 4 is 18.3 Å². The van der Waals surface area contributed by atoms with Crippen LogP contribution in [0.25, 0.3) is 0 Å². The van der Waals surface area contributed by atoms with Crippen LogP contribution in [0.15, 0.2) is 54.6 Å². The van der Waals surface area contributed by atoms with Crippen molar-refractivity contribution in [3.05, 3.63) is 65.7 Å². The second-order valence-corrected chi connectivity index (χ2v) is 5.53. The molecule has 0 radical (unpaired) electrons. The van der Waals surface area contributed by atoms with Gasteiger partial charge in [-0.3, -0.25) is 4.79 Å². The first-order chi connectivity index (χ1) is 11.8. The summed E-state index contributed by atoms with van der Waals surface area (Å²) in [7, 11) is 0. The van der Waals surface area contributed by atoms with E-state index in [2.05, 4.69) is 10.1 Å². The Morgan fingerprint density at radius 2 is 1.65 bits per heavy atom. The predicted octanol–water partition coefficient (Wildman–Crippen LogP) is 3.24. The maximum Gasteiger partial charge on any atom is 0.573 e. The van der Waals surface area contributed by atoms with E-state index < -0.39 is 12.4 Å². The largest absolute Gasteiger partial charge is 0.573 e. The maximum atomic E-state index is 12.1. The number of ether oxygens (including phenoxy) is 1. The summed E-state index contributed by atoms with van der Waals surface area (Å²) >= 11 is 0. The number of nitrogens with one attached hydrogen (secondary N) is 1. The second kappa shape index (κ2) is 10.0. The molecule has 0 fully saturated rings. The van der Waals surface area contributed by atoms with Crippen molar-refractivity contribution in [1.29, 1.82) is 0 Å². The second-order valence-electron chi connectivity index (χ2n) is 5.53. The van der Waals surface area contributed by atoms with Crippen LogP contribution in [0.3, 0.4) is 0 Å². The molecule has 142 valence electrons. The molecule has 4 nitrogen and oxygen atoms in total. The zero-order valence-electron chi connectivity index (χ0n) is 13.8. The average Bonchev–Trinajstić information content (AvgIpc) is 2.56. The number of carbonyl (C=O) groups excluding carboxylic acids is 1. The molecule has 0 spiro atoms. The van der Waals surface area contributed by atoms with Gasteiger partial charge in [0.1, 0.15) is 5.75 Å². The molecular weight excluding hydrogens is 369 g/mol. The number of rotatable bonds is 7. The average molecular weight is 389 g/mol. The first-order valence-corrected chi connectivity index (χ1v) is 7.75. The third kappa shape index (κ3) is 7.76. The summed E-state index contributed by atoms with van der Waals surface area (Å²) in [5.41, 5.74) is 7.63. The van der Waals surface area contributed by atoms with E-state index in [1.54, 1.807) is 0 Å². The molecule has 2 rings (SSSR count). The zero-order valence-corrected chi connectivity index (χ0v) is 14.6. The number of hydrogen-bond donors (Lipinski definition) is 2. The molecule has 0 unspecified atom stereocenters. The number of halogens is 4. The molecule has 0 saturated heterocycles. The van der Waals surface area contributed by atoms with Gasteiger partial charge in [0, 0.05) is 6.54 Å².